The van der Waals surface area contributed by atoms with Crippen LogP contribution in [0.1, 0.15) is 12.8 Å². The lowest BCUT2D eigenvalue weighted by molar-refractivity contribution is -0.0903. The molecule has 0 radical (unpaired) electrons. The SMILES string of the molecule is O=C=C1CCCN(O)C1. The highest BCUT2D eigenvalue weighted by Crippen LogP contribution is 2.09. The molecule has 1 heterocycles. The minimum atomic E-state index is 0.378. The molecule has 0 amide bonds. The van der Waals surface area contributed by atoms with E-state index in [0.29, 0.717) is 18.7 Å². The topological polar surface area (TPSA) is 40.5 Å². The minimum absolute atomic E-state index is 0.378. The Morgan fingerprint density at radius 2 is 2.44 bits per heavy atom. The summed E-state index contributed by atoms with van der Waals surface area (Å²) in [6.45, 7) is 1.05. The molecule has 0 bridgehead atoms. The van der Waals surface area contributed by atoms with Crippen LogP contribution in [0.25, 0.3) is 0 Å². The summed E-state index contributed by atoms with van der Waals surface area (Å²) in [4.78, 5) is 10.0. The Labute approximate surface area is 53.5 Å². The summed E-state index contributed by atoms with van der Waals surface area (Å²) in [7, 11) is 0. The van der Waals surface area contributed by atoms with Gasteiger partial charge in [0.25, 0.3) is 0 Å². The van der Waals surface area contributed by atoms with E-state index in [1.165, 1.54) is 0 Å². The van der Waals surface area contributed by atoms with E-state index in [1.807, 2.05) is 0 Å². The predicted octanol–water partition coefficient (Wildman–Crippen LogP) is 0.229. The van der Waals surface area contributed by atoms with Gasteiger partial charge in [0.15, 0.2) is 0 Å². The maximum Gasteiger partial charge on any atom is 0.124 e. The van der Waals surface area contributed by atoms with E-state index in [-0.39, 0.29) is 0 Å². The van der Waals surface area contributed by atoms with E-state index in [2.05, 4.69) is 0 Å². The fraction of sp³-hybridized carbons (Fsp3) is 0.667. The van der Waals surface area contributed by atoms with Crippen molar-refractivity contribution in [3.8, 4) is 0 Å². The van der Waals surface area contributed by atoms with Crippen molar-refractivity contribution < 1.29 is 10.0 Å². The summed E-state index contributed by atoms with van der Waals surface area (Å²) < 4.78 is 0. The zero-order valence-electron chi connectivity index (χ0n) is 5.13. The summed E-state index contributed by atoms with van der Waals surface area (Å²) >= 11 is 0. The average Bonchev–Trinajstić information content (AvgIpc) is 1.88. The van der Waals surface area contributed by atoms with Gasteiger partial charge in [-0.15, -0.1) is 0 Å². The molecule has 50 valence electrons. The first-order valence-electron chi connectivity index (χ1n) is 2.99. The lowest BCUT2D eigenvalue weighted by Gasteiger charge is -2.19. The average molecular weight is 127 g/mol. The Kier molecular flexibility index (Phi) is 2.01. The molecule has 1 fully saturated rings. The van der Waals surface area contributed by atoms with Gasteiger partial charge < -0.3 is 5.21 Å². The van der Waals surface area contributed by atoms with E-state index in [4.69, 9.17) is 5.21 Å². The van der Waals surface area contributed by atoms with Gasteiger partial charge in [-0.25, -0.2) is 4.79 Å². The van der Waals surface area contributed by atoms with Gasteiger partial charge in [0, 0.05) is 12.1 Å². The molecular formula is C6H9NO2. The van der Waals surface area contributed by atoms with Crippen molar-refractivity contribution in [1.82, 2.24) is 5.06 Å². The summed E-state index contributed by atoms with van der Waals surface area (Å²) in [5, 5.41) is 9.99. The maximum absolute atomic E-state index is 10.0. The van der Waals surface area contributed by atoms with E-state index >= 15 is 0 Å². The molecule has 0 atom stereocenters. The number of hydrogen-bond donors (Lipinski definition) is 1. The predicted molar refractivity (Wildman–Crippen MR) is 31.8 cm³/mol. The van der Waals surface area contributed by atoms with Gasteiger partial charge >= 0.3 is 0 Å². The standard InChI is InChI=1S/C6H9NO2/c8-5-6-2-1-3-7(9)4-6/h9H,1-4H2. The lowest BCUT2D eigenvalue weighted by Crippen LogP contribution is -2.27. The third kappa shape index (κ3) is 1.64. The molecule has 0 aromatic heterocycles. The van der Waals surface area contributed by atoms with Crippen LogP contribution in [0, 0.1) is 0 Å². The molecule has 0 saturated carbocycles. The van der Waals surface area contributed by atoms with Crippen LogP contribution in [0.15, 0.2) is 5.57 Å². The summed E-state index contributed by atoms with van der Waals surface area (Å²) in [5.41, 5.74) is 0.670. The first-order chi connectivity index (χ1) is 4.33. The Bertz CT molecular complexity index is 149. The molecular weight excluding hydrogens is 118 g/mol. The molecule has 3 nitrogen and oxygen atoms in total. The molecule has 1 aliphatic heterocycles. The summed E-state index contributed by atoms with van der Waals surface area (Å²) in [6, 6.07) is 0. The highest BCUT2D eigenvalue weighted by Gasteiger charge is 2.11. The molecule has 0 aliphatic carbocycles. The van der Waals surface area contributed by atoms with E-state index < -0.39 is 0 Å². The van der Waals surface area contributed by atoms with Crippen molar-refractivity contribution in [1.29, 1.82) is 0 Å². The molecule has 3 heteroatoms. The molecule has 1 N–H and O–H groups in total. The van der Waals surface area contributed by atoms with Crippen LogP contribution in [0.5, 0.6) is 0 Å². The molecule has 1 saturated heterocycles. The summed E-state index contributed by atoms with van der Waals surface area (Å²) in [6.07, 6.45) is 1.65. The van der Waals surface area contributed by atoms with Gasteiger partial charge in [-0.2, -0.15) is 5.06 Å². The molecule has 1 rings (SSSR count). The Morgan fingerprint density at radius 3 is 2.89 bits per heavy atom. The highest BCUT2D eigenvalue weighted by molar-refractivity contribution is 5.53. The van der Waals surface area contributed by atoms with Gasteiger partial charge in [-0.1, -0.05) is 0 Å². The zero-order chi connectivity index (χ0) is 6.69. The van der Waals surface area contributed by atoms with E-state index in [0.717, 1.165) is 17.9 Å². The van der Waals surface area contributed by atoms with E-state index in [1.54, 1.807) is 5.94 Å². The van der Waals surface area contributed by atoms with E-state index in [9.17, 15) is 4.79 Å². The smallest absolute Gasteiger partial charge is 0.124 e. The van der Waals surface area contributed by atoms with Crippen LogP contribution in [-0.4, -0.2) is 29.3 Å². The molecule has 0 aromatic carbocycles. The van der Waals surface area contributed by atoms with Crippen LogP contribution in [0.4, 0.5) is 0 Å². The first-order valence-corrected chi connectivity index (χ1v) is 2.99. The second-order valence-corrected chi connectivity index (χ2v) is 2.20. The number of hydroxylamine groups is 2. The van der Waals surface area contributed by atoms with Gasteiger partial charge in [0.1, 0.15) is 5.94 Å². The number of rotatable bonds is 0. The first kappa shape index (κ1) is 6.49. The molecule has 0 unspecified atom stereocenters. The third-order valence-electron chi connectivity index (χ3n) is 1.41. The maximum atomic E-state index is 10.0. The molecule has 1 aliphatic rings. The number of piperidine rings is 1. The quantitative estimate of drug-likeness (QED) is 0.473. The van der Waals surface area contributed by atoms with Crippen molar-refractivity contribution in [3.05, 3.63) is 5.57 Å². The van der Waals surface area contributed by atoms with Crippen molar-refractivity contribution in [2.24, 2.45) is 0 Å². The van der Waals surface area contributed by atoms with Crippen molar-refractivity contribution in [3.63, 3.8) is 0 Å². The number of nitrogens with zero attached hydrogens (tertiary/aromatic N) is 1. The van der Waals surface area contributed by atoms with Crippen LogP contribution >= 0.6 is 0 Å². The second-order valence-electron chi connectivity index (χ2n) is 2.20. The Hall–Kier alpha value is -0.630. The zero-order valence-corrected chi connectivity index (χ0v) is 5.13. The number of carbonyl (C=O) groups excluding carboxylic acids is 1. The van der Waals surface area contributed by atoms with Gasteiger partial charge in [-0.05, 0) is 12.8 Å². The summed E-state index contributed by atoms with van der Waals surface area (Å²) in [5.74, 6) is 1.80. The van der Waals surface area contributed by atoms with Gasteiger partial charge in [0.05, 0.1) is 6.54 Å². The minimum Gasteiger partial charge on any atom is -0.314 e. The van der Waals surface area contributed by atoms with Crippen molar-refractivity contribution >= 4 is 5.94 Å². The highest BCUT2D eigenvalue weighted by atomic mass is 16.5. The monoisotopic (exact) mass is 127 g/mol. The second kappa shape index (κ2) is 2.78. The van der Waals surface area contributed by atoms with Crippen LogP contribution in [-0.2, 0) is 4.79 Å². The van der Waals surface area contributed by atoms with Crippen LogP contribution < -0.4 is 0 Å². The van der Waals surface area contributed by atoms with Crippen LogP contribution in [0.3, 0.4) is 0 Å². The Morgan fingerprint density at radius 1 is 1.67 bits per heavy atom. The molecule has 0 aromatic rings. The fourth-order valence-corrected chi connectivity index (χ4v) is 0.937. The van der Waals surface area contributed by atoms with Gasteiger partial charge in [-0.3, -0.25) is 0 Å². The van der Waals surface area contributed by atoms with Crippen molar-refractivity contribution in [2.75, 3.05) is 13.1 Å². The molecule has 9 heavy (non-hydrogen) atoms. The third-order valence-corrected chi connectivity index (χ3v) is 1.41. The largest absolute Gasteiger partial charge is 0.314 e. The Balaban J connectivity index is 2.51. The fourth-order valence-electron chi connectivity index (χ4n) is 0.937. The van der Waals surface area contributed by atoms with Gasteiger partial charge in [0.2, 0.25) is 0 Å². The number of hydrogen-bond acceptors (Lipinski definition) is 3. The molecule has 0 spiro atoms. The normalized spacial score (nSPS) is 21.7. The van der Waals surface area contributed by atoms with Crippen LogP contribution in [0.2, 0.25) is 0 Å². The lowest BCUT2D eigenvalue weighted by atomic mass is 10.1. The van der Waals surface area contributed by atoms with Crippen molar-refractivity contribution in [2.45, 2.75) is 12.8 Å².